The Hall–Kier alpha value is -2.74. The maximum atomic E-state index is 13.2. The van der Waals surface area contributed by atoms with Gasteiger partial charge in [-0.25, -0.2) is 9.18 Å². The lowest BCUT2D eigenvalue weighted by Gasteiger charge is -2.33. The maximum absolute atomic E-state index is 13.2. The molecule has 2 N–H and O–H groups in total. The molecule has 1 atom stereocenters. The fraction of sp³-hybridized carbons (Fsp3) is 0.391. The van der Waals surface area contributed by atoms with Gasteiger partial charge in [0.25, 0.3) is 0 Å². The third-order valence-electron chi connectivity index (χ3n) is 5.15. The number of benzene rings is 2. The van der Waals surface area contributed by atoms with Crippen LogP contribution in [0.15, 0.2) is 53.4 Å². The van der Waals surface area contributed by atoms with Crippen molar-refractivity contribution >= 4 is 29.4 Å². The predicted molar refractivity (Wildman–Crippen MR) is 121 cm³/mol. The Balaban J connectivity index is 1.37. The van der Waals surface area contributed by atoms with Crippen LogP contribution in [-0.4, -0.2) is 49.3 Å². The minimum atomic E-state index is -0.399. The van der Waals surface area contributed by atoms with Crippen molar-refractivity contribution in [2.75, 3.05) is 37.8 Å². The summed E-state index contributed by atoms with van der Waals surface area (Å²) in [6.45, 7) is 1.88. The molecule has 1 aliphatic rings. The van der Waals surface area contributed by atoms with E-state index in [1.807, 2.05) is 29.2 Å². The lowest BCUT2D eigenvalue weighted by molar-refractivity contribution is -0.132. The zero-order chi connectivity index (χ0) is 22.1. The summed E-state index contributed by atoms with van der Waals surface area (Å²) >= 11 is 1.65. The van der Waals surface area contributed by atoms with Gasteiger partial charge >= 0.3 is 6.03 Å². The molecule has 0 aromatic heterocycles. The Morgan fingerprint density at radius 2 is 2.03 bits per heavy atom. The van der Waals surface area contributed by atoms with Gasteiger partial charge in [0.15, 0.2) is 0 Å². The van der Waals surface area contributed by atoms with E-state index in [-0.39, 0.29) is 17.9 Å². The van der Waals surface area contributed by atoms with Gasteiger partial charge in [-0.3, -0.25) is 4.79 Å². The molecule has 166 valence electrons. The maximum Gasteiger partial charge on any atom is 0.319 e. The number of nitrogens with one attached hydrogen (secondary N) is 2. The van der Waals surface area contributed by atoms with Crippen LogP contribution in [0.25, 0.3) is 0 Å². The van der Waals surface area contributed by atoms with Gasteiger partial charge in [0.1, 0.15) is 11.6 Å². The van der Waals surface area contributed by atoms with Gasteiger partial charge in [-0.2, -0.15) is 0 Å². The summed E-state index contributed by atoms with van der Waals surface area (Å²) in [6, 6.07) is 13.2. The Morgan fingerprint density at radius 3 is 2.77 bits per heavy atom. The number of ether oxygens (including phenoxy) is 1. The van der Waals surface area contributed by atoms with E-state index in [9.17, 15) is 14.0 Å². The Labute approximate surface area is 186 Å². The van der Waals surface area contributed by atoms with Crippen LogP contribution < -0.4 is 15.4 Å². The second kappa shape index (κ2) is 11.6. The van der Waals surface area contributed by atoms with Gasteiger partial charge in [0, 0.05) is 42.4 Å². The highest BCUT2D eigenvalue weighted by molar-refractivity contribution is 7.99. The fourth-order valence-corrected chi connectivity index (χ4v) is 4.36. The van der Waals surface area contributed by atoms with Crippen molar-refractivity contribution in [1.82, 2.24) is 10.2 Å². The van der Waals surface area contributed by atoms with E-state index in [1.54, 1.807) is 31.0 Å². The lowest BCUT2D eigenvalue weighted by atomic mass is 9.98. The molecule has 2 aromatic rings. The second-order valence-corrected chi connectivity index (χ2v) is 8.64. The molecule has 6 nitrogen and oxygen atoms in total. The fourth-order valence-electron chi connectivity index (χ4n) is 3.52. The second-order valence-electron chi connectivity index (χ2n) is 7.47. The van der Waals surface area contributed by atoms with Crippen molar-refractivity contribution in [3.63, 3.8) is 0 Å². The summed E-state index contributed by atoms with van der Waals surface area (Å²) < 4.78 is 18.4. The van der Waals surface area contributed by atoms with Crippen molar-refractivity contribution in [3.8, 4) is 5.75 Å². The smallest absolute Gasteiger partial charge is 0.319 e. The van der Waals surface area contributed by atoms with E-state index in [0.717, 1.165) is 35.8 Å². The molecule has 1 fully saturated rings. The molecule has 0 bridgehead atoms. The van der Waals surface area contributed by atoms with Gasteiger partial charge < -0.3 is 20.3 Å². The van der Waals surface area contributed by atoms with Gasteiger partial charge in [0.2, 0.25) is 5.91 Å². The molecule has 2 aromatic carbocycles. The molecule has 3 amide bonds. The Kier molecular flexibility index (Phi) is 8.58. The summed E-state index contributed by atoms with van der Waals surface area (Å²) in [5, 5.41) is 5.45. The molecule has 0 spiro atoms. The Morgan fingerprint density at radius 1 is 1.23 bits per heavy atom. The molecule has 31 heavy (non-hydrogen) atoms. The monoisotopic (exact) mass is 445 g/mol. The van der Waals surface area contributed by atoms with Crippen LogP contribution in [-0.2, 0) is 4.79 Å². The van der Waals surface area contributed by atoms with Gasteiger partial charge in [0.05, 0.1) is 7.11 Å². The van der Waals surface area contributed by atoms with E-state index in [4.69, 9.17) is 4.74 Å². The number of methoxy groups -OCH3 is 1. The van der Waals surface area contributed by atoms with Crippen LogP contribution in [0.4, 0.5) is 14.9 Å². The number of piperidine rings is 1. The molecular weight excluding hydrogens is 417 g/mol. The topological polar surface area (TPSA) is 70.7 Å². The molecule has 0 saturated carbocycles. The number of rotatable bonds is 8. The third kappa shape index (κ3) is 7.47. The number of hydrogen-bond acceptors (Lipinski definition) is 4. The number of anilines is 1. The quantitative estimate of drug-likeness (QED) is 0.592. The average molecular weight is 446 g/mol. The first-order valence-electron chi connectivity index (χ1n) is 10.4. The normalized spacial score (nSPS) is 15.9. The largest absolute Gasteiger partial charge is 0.497 e. The highest BCUT2D eigenvalue weighted by Crippen LogP contribution is 2.23. The minimum Gasteiger partial charge on any atom is -0.497 e. The van der Waals surface area contributed by atoms with Crippen LogP contribution in [0.2, 0.25) is 0 Å². The summed E-state index contributed by atoms with van der Waals surface area (Å²) in [6.07, 6.45) is 2.37. The van der Waals surface area contributed by atoms with E-state index in [1.165, 1.54) is 12.1 Å². The number of carbonyl (C=O) groups excluding carboxylic acids is 2. The number of urea groups is 1. The van der Waals surface area contributed by atoms with Gasteiger partial charge in [-0.15, -0.1) is 11.8 Å². The highest BCUT2D eigenvalue weighted by Gasteiger charge is 2.23. The molecule has 0 radical (unpaired) electrons. The first-order valence-corrected chi connectivity index (χ1v) is 11.4. The molecule has 1 aliphatic heterocycles. The number of halogens is 1. The molecule has 0 aliphatic carbocycles. The molecule has 1 saturated heterocycles. The van der Waals surface area contributed by atoms with Gasteiger partial charge in [-0.1, -0.05) is 6.07 Å². The zero-order valence-electron chi connectivity index (χ0n) is 17.6. The zero-order valence-corrected chi connectivity index (χ0v) is 18.4. The molecule has 8 heteroatoms. The number of hydrogen-bond donors (Lipinski definition) is 2. The summed E-state index contributed by atoms with van der Waals surface area (Å²) in [4.78, 5) is 27.7. The first kappa shape index (κ1) is 22.9. The van der Waals surface area contributed by atoms with Crippen molar-refractivity contribution in [2.24, 2.45) is 5.92 Å². The standard InChI is InChI=1S/C23H28FN3O3S/c1-30-20-7-9-21(10-8-20)31-13-11-22(28)27-12-3-4-17(16-27)15-25-23(29)26-19-6-2-5-18(24)14-19/h2,5-10,14,17H,3-4,11-13,15-16H2,1H3,(H2,25,26,29). The van der Waals surface area contributed by atoms with E-state index in [0.29, 0.717) is 25.2 Å². The molecule has 1 heterocycles. The molecule has 1 unspecified atom stereocenters. The van der Waals surface area contributed by atoms with Crippen molar-refractivity contribution in [1.29, 1.82) is 0 Å². The summed E-state index contributed by atoms with van der Waals surface area (Å²) in [5.74, 6) is 1.50. The first-order chi connectivity index (χ1) is 15.0. The molecule has 3 rings (SSSR count). The average Bonchev–Trinajstić information content (AvgIpc) is 2.78. The Bertz CT molecular complexity index is 879. The van der Waals surface area contributed by atoms with E-state index >= 15 is 0 Å². The number of likely N-dealkylation sites (tertiary alicyclic amines) is 1. The van der Waals surface area contributed by atoms with Crippen LogP contribution >= 0.6 is 11.8 Å². The number of thioether (sulfide) groups is 1. The molecular formula is C23H28FN3O3S. The van der Waals surface area contributed by atoms with Crippen molar-refractivity contribution in [2.45, 2.75) is 24.2 Å². The summed E-state index contributed by atoms with van der Waals surface area (Å²) in [5.41, 5.74) is 0.410. The highest BCUT2D eigenvalue weighted by atomic mass is 32.2. The number of nitrogens with zero attached hydrogens (tertiary/aromatic N) is 1. The van der Waals surface area contributed by atoms with E-state index in [2.05, 4.69) is 10.6 Å². The predicted octanol–water partition coefficient (Wildman–Crippen LogP) is 4.38. The lowest BCUT2D eigenvalue weighted by Crippen LogP contribution is -2.44. The van der Waals surface area contributed by atoms with Crippen LogP contribution in [0.5, 0.6) is 5.75 Å². The van der Waals surface area contributed by atoms with E-state index < -0.39 is 5.82 Å². The number of carbonyl (C=O) groups is 2. The van der Waals surface area contributed by atoms with Crippen molar-refractivity contribution < 1.29 is 18.7 Å². The van der Waals surface area contributed by atoms with Crippen LogP contribution in [0.3, 0.4) is 0 Å². The van der Waals surface area contributed by atoms with Crippen LogP contribution in [0.1, 0.15) is 19.3 Å². The van der Waals surface area contributed by atoms with Gasteiger partial charge in [-0.05, 0) is 61.2 Å². The van der Waals surface area contributed by atoms with Crippen LogP contribution in [0, 0.1) is 11.7 Å². The number of amides is 3. The SMILES string of the molecule is COc1ccc(SCCC(=O)N2CCCC(CNC(=O)Nc3cccc(F)c3)C2)cc1. The third-order valence-corrected chi connectivity index (χ3v) is 6.16. The van der Waals surface area contributed by atoms with Crippen molar-refractivity contribution in [3.05, 3.63) is 54.3 Å². The minimum absolute atomic E-state index is 0.148. The summed E-state index contributed by atoms with van der Waals surface area (Å²) in [7, 11) is 1.64.